The van der Waals surface area contributed by atoms with E-state index in [9.17, 15) is 4.79 Å². The van der Waals surface area contributed by atoms with Gasteiger partial charge in [-0.2, -0.15) is 0 Å². The maximum Gasteiger partial charge on any atom is 0.163 e. The quantitative estimate of drug-likeness (QED) is 0.557. The van der Waals surface area contributed by atoms with E-state index in [1.54, 1.807) is 0 Å². The molecule has 0 N–H and O–H groups in total. The van der Waals surface area contributed by atoms with Gasteiger partial charge in [-0.3, -0.25) is 4.79 Å². The van der Waals surface area contributed by atoms with Gasteiger partial charge in [-0.05, 0) is 6.42 Å². The molecule has 1 fully saturated rings. The fourth-order valence-corrected chi connectivity index (χ4v) is 1.13. The Bertz CT molecular complexity index is 131. The number of epoxide rings is 1. The van der Waals surface area contributed by atoms with E-state index < -0.39 is 0 Å². The van der Waals surface area contributed by atoms with Crippen LogP contribution in [-0.4, -0.2) is 18.0 Å². The minimum atomic E-state index is -0.0371. The Kier molecular flexibility index (Phi) is 2.44. The lowest BCUT2D eigenvalue weighted by atomic mass is 10.1. The van der Waals surface area contributed by atoms with Crippen LogP contribution < -0.4 is 0 Å². The van der Waals surface area contributed by atoms with Crippen LogP contribution in [0.1, 0.15) is 33.1 Å². The van der Waals surface area contributed by atoms with E-state index in [0.717, 1.165) is 12.8 Å². The first kappa shape index (κ1) is 7.73. The van der Waals surface area contributed by atoms with Crippen LogP contribution in [0.2, 0.25) is 0 Å². The molecule has 2 nitrogen and oxygen atoms in total. The van der Waals surface area contributed by atoms with Crippen molar-refractivity contribution >= 4 is 5.78 Å². The first-order valence-corrected chi connectivity index (χ1v) is 3.97. The van der Waals surface area contributed by atoms with Crippen LogP contribution >= 0.6 is 0 Å². The zero-order valence-corrected chi connectivity index (χ0v) is 6.59. The second-order valence-corrected chi connectivity index (χ2v) is 2.70. The maximum absolute atomic E-state index is 10.9. The zero-order chi connectivity index (χ0) is 7.56. The lowest BCUT2D eigenvalue weighted by Crippen LogP contribution is -2.07. The lowest BCUT2D eigenvalue weighted by molar-refractivity contribution is -0.119. The molecule has 1 aliphatic rings. The highest BCUT2D eigenvalue weighted by Crippen LogP contribution is 2.27. The van der Waals surface area contributed by atoms with Crippen molar-refractivity contribution in [3.05, 3.63) is 0 Å². The normalized spacial score (nSPS) is 30.2. The third kappa shape index (κ3) is 1.57. The first-order valence-electron chi connectivity index (χ1n) is 3.97. The molecule has 1 heterocycles. The molecule has 0 aromatic heterocycles. The molecule has 1 aliphatic heterocycles. The van der Waals surface area contributed by atoms with Crippen LogP contribution in [-0.2, 0) is 9.53 Å². The summed E-state index contributed by atoms with van der Waals surface area (Å²) in [6, 6.07) is 0. The van der Waals surface area contributed by atoms with E-state index in [1.165, 1.54) is 0 Å². The van der Waals surface area contributed by atoms with Gasteiger partial charge in [0.15, 0.2) is 5.78 Å². The van der Waals surface area contributed by atoms with Gasteiger partial charge in [0.2, 0.25) is 0 Å². The van der Waals surface area contributed by atoms with Gasteiger partial charge in [-0.1, -0.05) is 20.3 Å². The van der Waals surface area contributed by atoms with Crippen molar-refractivity contribution in [2.75, 3.05) is 0 Å². The predicted molar refractivity (Wildman–Crippen MR) is 38.9 cm³/mol. The number of ketones is 1. The van der Waals surface area contributed by atoms with Gasteiger partial charge in [-0.15, -0.1) is 0 Å². The summed E-state index contributed by atoms with van der Waals surface area (Å²) in [6.07, 6.45) is 2.99. The summed E-state index contributed by atoms with van der Waals surface area (Å²) in [7, 11) is 0. The third-order valence-corrected chi connectivity index (χ3v) is 1.82. The Morgan fingerprint density at radius 1 is 1.50 bits per heavy atom. The van der Waals surface area contributed by atoms with E-state index >= 15 is 0 Å². The molecular weight excluding hydrogens is 128 g/mol. The Morgan fingerprint density at radius 2 is 2.20 bits per heavy atom. The van der Waals surface area contributed by atoms with Crippen molar-refractivity contribution in [3.63, 3.8) is 0 Å². The van der Waals surface area contributed by atoms with Crippen molar-refractivity contribution in [1.29, 1.82) is 0 Å². The van der Waals surface area contributed by atoms with Gasteiger partial charge in [0.05, 0.1) is 6.10 Å². The van der Waals surface area contributed by atoms with Crippen molar-refractivity contribution in [3.8, 4) is 0 Å². The van der Waals surface area contributed by atoms with Crippen LogP contribution in [0.5, 0.6) is 0 Å². The van der Waals surface area contributed by atoms with E-state index in [4.69, 9.17) is 4.74 Å². The maximum atomic E-state index is 10.9. The fraction of sp³-hybridized carbons (Fsp3) is 0.875. The standard InChI is InChI=1S/C8H14O2/c1-3-5-7-8(10-7)6(9)4-2/h7-8H,3-5H2,1-2H3/t7-,8-/m1/s1. The second-order valence-electron chi connectivity index (χ2n) is 2.70. The summed E-state index contributed by atoms with van der Waals surface area (Å²) in [6.45, 7) is 3.99. The lowest BCUT2D eigenvalue weighted by Gasteiger charge is -1.87. The Labute approximate surface area is 61.6 Å². The summed E-state index contributed by atoms with van der Waals surface area (Å²) >= 11 is 0. The average molecular weight is 142 g/mol. The number of carbonyl (C=O) groups is 1. The van der Waals surface area contributed by atoms with Crippen LogP contribution in [0.15, 0.2) is 0 Å². The second kappa shape index (κ2) is 3.15. The minimum absolute atomic E-state index is 0.0371. The van der Waals surface area contributed by atoms with Crippen molar-refractivity contribution in [1.82, 2.24) is 0 Å². The fourth-order valence-electron chi connectivity index (χ4n) is 1.13. The van der Waals surface area contributed by atoms with Crippen LogP contribution in [0.4, 0.5) is 0 Å². The highest BCUT2D eigenvalue weighted by Gasteiger charge is 2.42. The number of Topliss-reactive ketones (excluding diaryl/α,β-unsaturated/α-hetero) is 1. The van der Waals surface area contributed by atoms with Crippen LogP contribution in [0.3, 0.4) is 0 Å². The molecule has 58 valence electrons. The monoisotopic (exact) mass is 142 g/mol. The molecule has 0 unspecified atom stereocenters. The summed E-state index contributed by atoms with van der Waals surface area (Å²) < 4.78 is 5.16. The molecule has 10 heavy (non-hydrogen) atoms. The summed E-state index contributed by atoms with van der Waals surface area (Å²) in [5, 5.41) is 0. The van der Waals surface area contributed by atoms with Crippen LogP contribution in [0.25, 0.3) is 0 Å². The number of hydrogen-bond acceptors (Lipinski definition) is 2. The molecule has 1 saturated heterocycles. The molecule has 0 saturated carbocycles. The highest BCUT2D eigenvalue weighted by atomic mass is 16.6. The zero-order valence-electron chi connectivity index (χ0n) is 6.59. The van der Waals surface area contributed by atoms with E-state index in [0.29, 0.717) is 6.42 Å². The topological polar surface area (TPSA) is 29.6 Å². The molecule has 0 spiro atoms. The SMILES string of the molecule is CCC[C@H]1O[C@@H]1C(=O)CC. The molecule has 2 heteroatoms. The number of ether oxygens (including phenoxy) is 1. The predicted octanol–water partition coefficient (Wildman–Crippen LogP) is 1.53. The molecule has 1 rings (SSSR count). The van der Waals surface area contributed by atoms with Gasteiger partial charge in [0.1, 0.15) is 6.10 Å². The summed E-state index contributed by atoms with van der Waals surface area (Å²) in [5.74, 6) is 0.262. The highest BCUT2D eigenvalue weighted by molar-refractivity contribution is 5.85. The molecule has 0 amide bonds. The molecule has 0 aliphatic carbocycles. The summed E-state index contributed by atoms with van der Waals surface area (Å²) in [4.78, 5) is 10.9. The third-order valence-electron chi connectivity index (χ3n) is 1.82. The van der Waals surface area contributed by atoms with Gasteiger partial charge in [0.25, 0.3) is 0 Å². The number of rotatable bonds is 4. The smallest absolute Gasteiger partial charge is 0.163 e. The van der Waals surface area contributed by atoms with Gasteiger partial charge < -0.3 is 4.74 Å². The van der Waals surface area contributed by atoms with Crippen molar-refractivity contribution in [2.45, 2.75) is 45.3 Å². The first-order chi connectivity index (χ1) is 4.79. The Morgan fingerprint density at radius 3 is 2.70 bits per heavy atom. The average Bonchev–Trinajstić information content (AvgIpc) is 2.67. The molecule has 0 aromatic carbocycles. The van der Waals surface area contributed by atoms with E-state index in [2.05, 4.69) is 6.92 Å². The molecule has 0 radical (unpaired) electrons. The molecular formula is C8H14O2. The van der Waals surface area contributed by atoms with Crippen LogP contribution in [0, 0.1) is 0 Å². The largest absolute Gasteiger partial charge is 0.361 e. The summed E-state index contributed by atoms with van der Waals surface area (Å²) in [5.41, 5.74) is 0. The molecule has 2 atom stereocenters. The molecule has 0 bridgehead atoms. The van der Waals surface area contributed by atoms with Gasteiger partial charge in [-0.25, -0.2) is 0 Å². The van der Waals surface area contributed by atoms with Gasteiger partial charge in [0, 0.05) is 6.42 Å². The van der Waals surface area contributed by atoms with E-state index in [-0.39, 0.29) is 18.0 Å². The van der Waals surface area contributed by atoms with Crippen molar-refractivity contribution < 1.29 is 9.53 Å². The Hall–Kier alpha value is -0.370. The van der Waals surface area contributed by atoms with E-state index in [1.807, 2.05) is 6.92 Å². The van der Waals surface area contributed by atoms with Crippen molar-refractivity contribution in [2.24, 2.45) is 0 Å². The number of carbonyl (C=O) groups excluding carboxylic acids is 1. The minimum Gasteiger partial charge on any atom is -0.361 e. The Balaban J connectivity index is 2.18. The number of hydrogen-bond donors (Lipinski definition) is 0. The van der Waals surface area contributed by atoms with Gasteiger partial charge >= 0.3 is 0 Å². The molecule has 0 aromatic rings.